The van der Waals surface area contributed by atoms with Gasteiger partial charge in [0.1, 0.15) is 5.75 Å². The van der Waals surface area contributed by atoms with Crippen molar-refractivity contribution in [1.29, 1.82) is 0 Å². The molecule has 27 heavy (non-hydrogen) atoms. The summed E-state index contributed by atoms with van der Waals surface area (Å²) < 4.78 is 32.8. The van der Waals surface area contributed by atoms with E-state index in [0.29, 0.717) is 30.9 Å². The Morgan fingerprint density at radius 2 is 2.00 bits per heavy atom. The van der Waals surface area contributed by atoms with Crippen LogP contribution < -0.4 is 20.1 Å². The minimum absolute atomic E-state index is 0. The van der Waals surface area contributed by atoms with Crippen LogP contribution in [0.15, 0.2) is 47.4 Å². The van der Waals surface area contributed by atoms with Crippen molar-refractivity contribution in [2.24, 2.45) is 5.73 Å². The number of benzene rings is 2. The molecule has 7 nitrogen and oxygen atoms in total. The first-order valence-electron chi connectivity index (χ1n) is 8.26. The van der Waals surface area contributed by atoms with Gasteiger partial charge >= 0.3 is 0 Å². The maximum atomic E-state index is 13.1. The second-order valence-corrected chi connectivity index (χ2v) is 7.72. The van der Waals surface area contributed by atoms with E-state index in [4.69, 9.17) is 10.5 Å². The number of nitrogens with one attached hydrogen (secondary N) is 1. The standard InChI is InChI=1S/C18H21N3O4S.ClH/c1-25-17-7-6-14(12-15(17)18(22)20-10-9-19)26(23,24)21-11-8-13-4-2-3-5-16(13)21;/h2-7,12H,8-11,19H2,1H3,(H,20,22);1H. The summed E-state index contributed by atoms with van der Waals surface area (Å²) in [5.41, 5.74) is 7.23. The minimum atomic E-state index is -3.78. The third-order valence-electron chi connectivity index (χ3n) is 4.28. The molecule has 3 N–H and O–H groups in total. The van der Waals surface area contributed by atoms with Crippen molar-refractivity contribution in [1.82, 2.24) is 5.32 Å². The summed E-state index contributed by atoms with van der Waals surface area (Å²) >= 11 is 0. The molecule has 2 aromatic carbocycles. The van der Waals surface area contributed by atoms with Crippen molar-refractivity contribution in [3.8, 4) is 5.75 Å². The van der Waals surface area contributed by atoms with Crippen LogP contribution in [0.1, 0.15) is 15.9 Å². The van der Waals surface area contributed by atoms with Crippen molar-refractivity contribution < 1.29 is 17.9 Å². The smallest absolute Gasteiger partial charge is 0.264 e. The summed E-state index contributed by atoms with van der Waals surface area (Å²) in [4.78, 5) is 12.4. The summed E-state index contributed by atoms with van der Waals surface area (Å²) in [6, 6.07) is 11.7. The van der Waals surface area contributed by atoms with E-state index in [-0.39, 0.29) is 29.4 Å². The number of anilines is 1. The van der Waals surface area contributed by atoms with Crippen LogP contribution in [0.25, 0.3) is 0 Å². The van der Waals surface area contributed by atoms with E-state index >= 15 is 0 Å². The Hall–Kier alpha value is -2.29. The largest absolute Gasteiger partial charge is 0.496 e. The molecule has 0 unspecified atom stereocenters. The van der Waals surface area contributed by atoms with Crippen LogP contribution in [-0.2, 0) is 16.4 Å². The number of halogens is 1. The quantitative estimate of drug-likeness (QED) is 0.751. The monoisotopic (exact) mass is 411 g/mol. The van der Waals surface area contributed by atoms with E-state index in [0.717, 1.165) is 5.56 Å². The van der Waals surface area contributed by atoms with Gasteiger partial charge in [-0.2, -0.15) is 0 Å². The molecule has 146 valence electrons. The Labute approximate surface area is 165 Å². The van der Waals surface area contributed by atoms with Crippen LogP contribution in [0.5, 0.6) is 5.75 Å². The second kappa shape index (κ2) is 8.60. The zero-order valence-corrected chi connectivity index (χ0v) is 16.5. The number of nitrogens with two attached hydrogens (primary N) is 1. The molecule has 2 aromatic rings. The van der Waals surface area contributed by atoms with E-state index in [1.54, 1.807) is 6.07 Å². The van der Waals surface area contributed by atoms with Crippen LogP contribution in [0.2, 0.25) is 0 Å². The van der Waals surface area contributed by atoms with Gasteiger partial charge in [0.05, 0.1) is 23.3 Å². The van der Waals surface area contributed by atoms with Gasteiger partial charge in [-0.3, -0.25) is 9.10 Å². The molecule has 0 radical (unpaired) electrons. The molecular formula is C18H22ClN3O4S. The van der Waals surface area contributed by atoms with Crippen molar-refractivity contribution >= 4 is 34.0 Å². The first kappa shape index (κ1) is 21.0. The number of para-hydroxylation sites is 1. The number of rotatable bonds is 6. The number of hydrogen-bond donors (Lipinski definition) is 2. The molecule has 0 spiro atoms. The van der Waals surface area contributed by atoms with Gasteiger partial charge in [-0.1, -0.05) is 18.2 Å². The summed E-state index contributed by atoms with van der Waals surface area (Å²) in [5.74, 6) is -0.119. The highest BCUT2D eigenvalue weighted by molar-refractivity contribution is 7.92. The van der Waals surface area contributed by atoms with E-state index in [2.05, 4.69) is 5.32 Å². The molecule has 3 rings (SSSR count). The van der Waals surface area contributed by atoms with Crippen molar-refractivity contribution in [2.75, 3.05) is 31.0 Å². The van der Waals surface area contributed by atoms with Gasteiger partial charge in [-0.05, 0) is 36.2 Å². The summed E-state index contributed by atoms with van der Waals surface area (Å²) in [6.45, 7) is 0.956. The average molecular weight is 412 g/mol. The predicted molar refractivity (Wildman–Crippen MR) is 106 cm³/mol. The highest BCUT2D eigenvalue weighted by Gasteiger charge is 2.31. The molecule has 1 amide bonds. The molecule has 0 aromatic heterocycles. The normalized spacial score (nSPS) is 12.9. The zero-order valence-electron chi connectivity index (χ0n) is 14.8. The number of nitrogens with zero attached hydrogens (tertiary/aromatic N) is 1. The molecule has 1 aliphatic rings. The number of sulfonamides is 1. The Morgan fingerprint density at radius 3 is 2.70 bits per heavy atom. The molecular weight excluding hydrogens is 390 g/mol. The number of methoxy groups -OCH3 is 1. The SMILES string of the molecule is COc1ccc(S(=O)(=O)N2CCc3ccccc32)cc1C(=O)NCCN.Cl. The van der Waals surface area contributed by atoms with Crippen molar-refractivity contribution in [3.63, 3.8) is 0 Å². The van der Waals surface area contributed by atoms with Crippen LogP contribution in [-0.4, -0.2) is 41.1 Å². The number of fused-ring (bicyclic) bond motifs is 1. The van der Waals surface area contributed by atoms with Crippen LogP contribution in [0.3, 0.4) is 0 Å². The third kappa shape index (κ3) is 4.02. The van der Waals surface area contributed by atoms with Crippen LogP contribution >= 0.6 is 12.4 Å². The fraction of sp³-hybridized carbons (Fsp3) is 0.278. The van der Waals surface area contributed by atoms with Gasteiger partial charge in [0, 0.05) is 19.6 Å². The lowest BCUT2D eigenvalue weighted by Gasteiger charge is -2.20. The molecule has 1 heterocycles. The van der Waals surface area contributed by atoms with Gasteiger partial charge in [-0.25, -0.2) is 8.42 Å². The minimum Gasteiger partial charge on any atom is -0.496 e. The average Bonchev–Trinajstić information content (AvgIpc) is 3.10. The maximum absolute atomic E-state index is 13.1. The van der Waals surface area contributed by atoms with Gasteiger partial charge in [-0.15, -0.1) is 12.4 Å². The van der Waals surface area contributed by atoms with Crippen LogP contribution in [0, 0.1) is 0 Å². The number of ether oxygens (including phenoxy) is 1. The van der Waals surface area contributed by atoms with Gasteiger partial charge in [0.25, 0.3) is 15.9 Å². The molecule has 0 atom stereocenters. The van der Waals surface area contributed by atoms with Crippen molar-refractivity contribution in [3.05, 3.63) is 53.6 Å². The lowest BCUT2D eigenvalue weighted by molar-refractivity contribution is 0.0951. The highest BCUT2D eigenvalue weighted by atomic mass is 35.5. The molecule has 0 bridgehead atoms. The van der Waals surface area contributed by atoms with Crippen molar-refractivity contribution in [2.45, 2.75) is 11.3 Å². The fourth-order valence-corrected chi connectivity index (χ4v) is 4.52. The number of hydrogen-bond acceptors (Lipinski definition) is 5. The molecule has 1 aliphatic heterocycles. The Balaban J connectivity index is 0.00000261. The van der Waals surface area contributed by atoms with Crippen LogP contribution in [0.4, 0.5) is 5.69 Å². The molecule has 0 aliphatic carbocycles. The first-order chi connectivity index (χ1) is 12.5. The number of carbonyl (C=O) groups is 1. The van der Waals surface area contributed by atoms with Gasteiger partial charge in [0.15, 0.2) is 0 Å². The van der Waals surface area contributed by atoms with E-state index in [1.807, 2.05) is 18.2 Å². The van der Waals surface area contributed by atoms with E-state index in [1.165, 1.54) is 29.6 Å². The Bertz CT molecular complexity index is 934. The summed E-state index contributed by atoms with van der Waals surface area (Å²) in [5, 5.41) is 2.63. The predicted octanol–water partition coefficient (Wildman–Crippen LogP) is 1.56. The summed E-state index contributed by atoms with van der Waals surface area (Å²) in [7, 11) is -2.35. The Kier molecular flexibility index (Phi) is 6.69. The highest BCUT2D eigenvalue weighted by Crippen LogP contribution is 2.33. The molecule has 0 saturated heterocycles. The van der Waals surface area contributed by atoms with E-state index < -0.39 is 15.9 Å². The Morgan fingerprint density at radius 1 is 1.26 bits per heavy atom. The molecule has 0 fully saturated rings. The molecule has 0 saturated carbocycles. The number of amides is 1. The first-order valence-corrected chi connectivity index (χ1v) is 9.70. The fourth-order valence-electron chi connectivity index (χ4n) is 2.99. The topological polar surface area (TPSA) is 102 Å². The maximum Gasteiger partial charge on any atom is 0.264 e. The molecule has 9 heteroatoms. The third-order valence-corrected chi connectivity index (χ3v) is 6.09. The van der Waals surface area contributed by atoms with Gasteiger partial charge in [0.2, 0.25) is 0 Å². The second-order valence-electron chi connectivity index (χ2n) is 5.86. The lowest BCUT2D eigenvalue weighted by atomic mass is 10.2. The van der Waals surface area contributed by atoms with E-state index in [9.17, 15) is 13.2 Å². The zero-order chi connectivity index (χ0) is 18.7. The number of carbonyl (C=O) groups excluding carboxylic acids is 1. The van der Waals surface area contributed by atoms with Gasteiger partial charge < -0.3 is 15.8 Å². The lowest BCUT2D eigenvalue weighted by Crippen LogP contribution is -2.31. The summed E-state index contributed by atoms with van der Waals surface area (Å²) in [6.07, 6.45) is 0.662.